The van der Waals surface area contributed by atoms with Gasteiger partial charge in [0.15, 0.2) is 0 Å². The second kappa shape index (κ2) is 8.25. The highest BCUT2D eigenvalue weighted by molar-refractivity contribution is 9.11. The van der Waals surface area contributed by atoms with Gasteiger partial charge < -0.3 is 10.2 Å². The van der Waals surface area contributed by atoms with Gasteiger partial charge in [0.2, 0.25) is 5.91 Å². The molecule has 1 amide bonds. The molecule has 0 spiro atoms. The minimum Gasteiger partial charge on any atom is -0.341 e. The van der Waals surface area contributed by atoms with Gasteiger partial charge in [-0.05, 0) is 58.7 Å². The molecule has 1 N–H and O–H groups in total. The summed E-state index contributed by atoms with van der Waals surface area (Å²) < 4.78 is 1.12. The van der Waals surface area contributed by atoms with Crippen LogP contribution in [0.15, 0.2) is 15.2 Å². The number of carbonyl (C=O) groups excluding carboxylic acids is 1. The Morgan fingerprint density at radius 3 is 3.00 bits per heavy atom. The Kier molecular flexibility index (Phi) is 7.36. The molecule has 1 unspecified atom stereocenters. The third kappa shape index (κ3) is 5.42. The summed E-state index contributed by atoms with van der Waals surface area (Å²) in [7, 11) is 1.88. The molecule has 19 heavy (non-hydrogen) atoms. The molecule has 0 bridgehead atoms. The fraction of sp³-hybridized carbons (Fsp3) is 0.615. The number of amides is 1. The zero-order chi connectivity index (χ0) is 13.0. The molecule has 2 rings (SSSR count). The summed E-state index contributed by atoms with van der Waals surface area (Å²) in [5, 5.41) is 5.52. The second-order valence-electron chi connectivity index (χ2n) is 4.84. The maximum atomic E-state index is 12.0. The minimum atomic E-state index is 0. The lowest BCUT2D eigenvalue weighted by Gasteiger charge is -2.17. The molecule has 0 aromatic carbocycles. The van der Waals surface area contributed by atoms with Gasteiger partial charge in [-0.2, -0.15) is 0 Å². The molecule has 108 valence electrons. The van der Waals surface area contributed by atoms with Crippen molar-refractivity contribution in [2.24, 2.45) is 0 Å². The molecule has 1 aliphatic heterocycles. The predicted molar refractivity (Wildman–Crippen MR) is 86.0 cm³/mol. The summed E-state index contributed by atoms with van der Waals surface area (Å²) in [5.74, 6) is 0.242. The lowest BCUT2D eigenvalue weighted by atomic mass is 10.1. The highest BCUT2D eigenvalue weighted by Crippen LogP contribution is 2.21. The quantitative estimate of drug-likeness (QED) is 0.865. The summed E-state index contributed by atoms with van der Waals surface area (Å²) in [5.41, 5.74) is 1.20. The van der Waals surface area contributed by atoms with Gasteiger partial charge in [0.05, 0.1) is 3.79 Å². The Bertz CT molecular complexity index is 407. The lowest BCUT2D eigenvalue weighted by Crippen LogP contribution is -2.28. The van der Waals surface area contributed by atoms with E-state index < -0.39 is 0 Å². The van der Waals surface area contributed by atoms with Crippen molar-refractivity contribution in [1.82, 2.24) is 10.2 Å². The number of nitrogens with one attached hydrogen (secondary N) is 1. The smallest absolute Gasteiger partial charge is 0.222 e. The van der Waals surface area contributed by atoms with Crippen molar-refractivity contribution in [3.63, 3.8) is 0 Å². The van der Waals surface area contributed by atoms with Crippen LogP contribution in [0, 0.1) is 0 Å². The first-order chi connectivity index (χ1) is 8.65. The molecule has 1 atom stereocenters. The lowest BCUT2D eigenvalue weighted by molar-refractivity contribution is -0.130. The predicted octanol–water partition coefficient (Wildman–Crippen LogP) is 3.42. The van der Waals surface area contributed by atoms with Crippen molar-refractivity contribution in [2.45, 2.75) is 38.3 Å². The van der Waals surface area contributed by atoms with Crippen LogP contribution in [0.2, 0.25) is 0 Å². The van der Waals surface area contributed by atoms with Crippen molar-refractivity contribution >= 4 is 45.6 Å². The number of thiophene rings is 1. The van der Waals surface area contributed by atoms with Crippen LogP contribution in [0.4, 0.5) is 0 Å². The van der Waals surface area contributed by atoms with E-state index >= 15 is 0 Å². The van der Waals surface area contributed by atoms with Crippen molar-refractivity contribution in [2.75, 3.05) is 13.6 Å². The van der Waals surface area contributed by atoms with Crippen molar-refractivity contribution in [1.29, 1.82) is 0 Å². The van der Waals surface area contributed by atoms with Gasteiger partial charge in [-0.3, -0.25) is 4.79 Å². The van der Waals surface area contributed by atoms with Crippen LogP contribution in [-0.4, -0.2) is 30.4 Å². The van der Waals surface area contributed by atoms with Crippen LogP contribution in [0.25, 0.3) is 0 Å². The van der Waals surface area contributed by atoms with Gasteiger partial charge in [0.1, 0.15) is 0 Å². The highest BCUT2D eigenvalue weighted by atomic mass is 79.9. The van der Waals surface area contributed by atoms with E-state index in [1.165, 1.54) is 18.4 Å². The third-order valence-corrected chi connectivity index (χ3v) is 4.89. The zero-order valence-corrected chi connectivity index (χ0v) is 14.2. The van der Waals surface area contributed by atoms with E-state index in [-0.39, 0.29) is 18.3 Å². The van der Waals surface area contributed by atoms with Gasteiger partial charge in [-0.1, -0.05) is 0 Å². The van der Waals surface area contributed by atoms with Crippen LogP contribution in [0.5, 0.6) is 0 Å². The summed E-state index contributed by atoms with van der Waals surface area (Å²) >= 11 is 5.10. The van der Waals surface area contributed by atoms with Gasteiger partial charge in [-0.25, -0.2) is 0 Å². The SMILES string of the molecule is CN(Cc1csc(Br)c1)C(=O)CCC1CCCN1.Cl. The van der Waals surface area contributed by atoms with E-state index in [1.807, 2.05) is 11.9 Å². The maximum Gasteiger partial charge on any atom is 0.222 e. The number of carbonyl (C=O) groups is 1. The highest BCUT2D eigenvalue weighted by Gasteiger charge is 2.17. The van der Waals surface area contributed by atoms with E-state index in [0.29, 0.717) is 19.0 Å². The van der Waals surface area contributed by atoms with Gasteiger partial charge in [-0.15, -0.1) is 23.7 Å². The van der Waals surface area contributed by atoms with E-state index in [9.17, 15) is 4.79 Å². The monoisotopic (exact) mass is 366 g/mol. The first-order valence-electron chi connectivity index (χ1n) is 6.35. The minimum absolute atomic E-state index is 0. The Morgan fingerprint density at radius 1 is 1.63 bits per heavy atom. The molecule has 1 saturated heterocycles. The van der Waals surface area contributed by atoms with Crippen molar-refractivity contribution in [3.8, 4) is 0 Å². The van der Waals surface area contributed by atoms with E-state index in [4.69, 9.17) is 0 Å². The van der Waals surface area contributed by atoms with Crippen LogP contribution in [0.3, 0.4) is 0 Å². The number of rotatable bonds is 5. The molecule has 0 saturated carbocycles. The topological polar surface area (TPSA) is 32.3 Å². The molecule has 3 nitrogen and oxygen atoms in total. The number of nitrogens with zero attached hydrogens (tertiary/aromatic N) is 1. The number of hydrogen-bond acceptors (Lipinski definition) is 3. The molecular weight excluding hydrogens is 348 g/mol. The molecular formula is C13H20BrClN2OS. The fourth-order valence-corrected chi connectivity index (χ4v) is 3.48. The van der Waals surface area contributed by atoms with Crippen molar-refractivity contribution < 1.29 is 4.79 Å². The largest absolute Gasteiger partial charge is 0.341 e. The fourth-order valence-electron chi connectivity index (χ4n) is 2.28. The molecule has 6 heteroatoms. The second-order valence-corrected chi connectivity index (χ2v) is 7.13. The van der Waals surface area contributed by atoms with Crippen LogP contribution < -0.4 is 5.32 Å². The van der Waals surface area contributed by atoms with Gasteiger partial charge in [0, 0.05) is 26.1 Å². The maximum absolute atomic E-state index is 12.0. The molecule has 0 radical (unpaired) electrons. The zero-order valence-electron chi connectivity index (χ0n) is 11.0. The van der Waals surface area contributed by atoms with Crippen LogP contribution in [0.1, 0.15) is 31.2 Å². The Morgan fingerprint density at radius 2 is 2.42 bits per heavy atom. The first kappa shape index (κ1) is 17.0. The van der Waals surface area contributed by atoms with E-state index in [2.05, 4.69) is 32.7 Å². The molecule has 1 aliphatic rings. The summed E-state index contributed by atoms with van der Waals surface area (Å²) in [6, 6.07) is 2.63. The van der Waals surface area contributed by atoms with Crippen LogP contribution >= 0.6 is 39.7 Å². The van der Waals surface area contributed by atoms with E-state index in [0.717, 1.165) is 16.8 Å². The molecule has 1 fully saturated rings. The summed E-state index contributed by atoms with van der Waals surface area (Å²) in [4.78, 5) is 13.8. The Labute approximate surface area is 133 Å². The van der Waals surface area contributed by atoms with Crippen LogP contribution in [-0.2, 0) is 11.3 Å². The summed E-state index contributed by atoms with van der Waals surface area (Å²) in [6.45, 7) is 1.82. The first-order valence-corrected chi connectivity index (χ1v) is 8.02. The molecule has 0 aliphatic carbocycles. The van der Waals surface area contributed by atoms with Gasteiger partial charge >= 0.3 is 0 Å². The molecule has 1 aromatic rings. The molecule has 1 aromatic heterocycles. The Balaban J connectivity index is 0.00000180. The van der Waals surface area contributed by atoms with E-state index in [1.54, 1.807) is 11.3 Å². The third-order valence-electron chi connectivity index (χ3n) is 3.34. The van der Waals surface area contributed by atoms with Gasteiger partial charge in [0.25, 0.3) is 0 Å². The average Bonchev–Trinajstić information content (AvgIpc) is 2.97. The average molecular weight is 368 g/mol. The summed E-state index contributed by atoms with van der Waals surface area (Å²) in [6.07, 6.45) is 4.09. The Hall–Kier alpha value is -0.100. The standard InChI is InChI=1S/C13H19BrN2OS.ClH/c1-16(8-10-7-12(14)18-9-10)13(17)5-4-11-3-2-6-15-11;/h7,9,11,15H,2-6,8H2,1H3;1H. The number of halogens is 2. The normalized spacial score (nSPS) is 18.1. The molecule has 2 heterocycles. The van der Waals surface area contributed by atoms with Crippen molar-refractivity contribution in [3.05, 3.63) is 20.8 Å². The number of hydrogen-bond donors (Lipinski definition) is 1.